The molecule has 2 aromatic carbocycles. The van der Waals surface area contributed by atoms with Crippen molar-refractivity contribution in [3.63, 3.8) is 0 Å². The maximum atomic E-state index is 13.4. The normalized spacial score (nSPS) is 10.4. The monoisotopic (exact) mass is 284 g/mol. The number of benzene rings is 2. The molecule has 0 saturated heterocycles. The fourth-order valence-corrected chi connectivity index (χ4v) is 1.56. The number of amides is 1. The van der Waals surface area contributed by atoms with Crippen LogP contribution in [-0.4, -0.2) is 5.91 Å². The molecule has 0 aliphatic carbocycles. The van der Waals surface area contributed by atoms with E-state index in [1.54, 1.807) is 0 Å². The summed E-state index contributed by atoms with van der Waals surface area (Å²) in [7, 11) is 0. The number of carbonyl (C=O) groups excluding carboxylic acids is 1. The molecule has 0 bridgehead atoms. The van der Waals surface area contributed by atoms with E-state index in [2.05, 4.69) is 5.32 Å². The van der Waals surface area contributed by atoms with Crippen molar-refractivity contribution in [3.05, 3.63) is 59.2 Å². The minimum Gasteiger partial charge on any atom is -0.396 e. The van der Waals surface area contributed by atoms with Crippen LogP contribution in [0.25, 0.3) is 0 Å². The van der Waals surface area contributed by atoms with Gasteiger partial charge in [-0.25, -0.2) is 17.6 Å². The molecule has 20 heavy (non-hydrogen) atoms. The van der Waals surface area contributed by atoms with Gasteiger partial charge in [-0.2, -0.15) is 0 Å². The van der Waals surface area contributed by atoms with Crippen LogP contribution in [0.2, 0.25) is 0 Å². The van der Waals surface area contributed by atoms with Crippen LogP contribution in [0.15, 0.2) is 30.3 Å². The first-order chi connectivity index (χ1) is 9.36. The van der Waals surface area contributed by atoms with Crippen LogP contribution in [-0.2, 0) is 0 Å². The molecular formula is C13H8F4N2O. The average molecular weight is 284 g/mol. The Hall–Kier alpha value is -2.57. The van der Waals surface area contributed by atoms with Crippen molar-refractivity contribution in [1.29, 1.82) is 0 Å². The van der Waals surface area contributed by atoms with Gasteiger partial charge in [-0.3, -0.25) is 4.79 Å². The van der Waals surface area contributed by atoms with Crippen LogP contribution in [0.1, 0.15) is 10.4 Å². The molecule has 0 spiro atoms. The molecule has 3 nitrogen and oxygen atoms in total. The van der Waals surface area contributed by atoms with E-state index in [0.717, 1.165) is 18.2 Å². The number of hydrogen-bond acceptors (Lipinski definition) is 2. The van der Waals surface area contributed by atoms with E-state index < -0.39 is 40.4 Å². The Balaban J connectivity index is 2.30. The minimum absolute atomic E-state index is 0.199. The van der Waals surface area contributed by atoms with Crippen molar-refractivity contribution < 1.29 is 22.4 Å². The molecule has 3 N–H and O–H groups in total. The van der Waals surface area contributed by atoms with Crippen LogP contribution in [0.4, 0.5) is 28.9 Å². The Morgan fingerprint density at radius 3 is 2.10 bits per heavy atom. The quantitative estimate of drug-likeness (QED) is 0.657. The molecule has 2 aromatic rings. The zero-order valence-corrected chi connectivity index (χ0v) is 9.88. The van der Waals surface area contributed by atoms with E-state index >= 15 is 0 Å². The molecule has 0 unspecified atom stereocenters. The van der Waals surface area contributed by atoms with E-state index in [1.165, 1.54) is 0 Å². The third kappa shape index (κ3) is 2.87. The van der Waals surface area contributed by atoms with E-state index in [9.17, 15) is 22.4 Å². The highest BCUT2D eigenvalue weighted by Gasteiger charge is 2.15. The lowest BCUT2D eigenvalue weighted by Gasteiger charge is -2.08. The Morgan fingerprint density at radius 2 is 1.50 bits per heavy atom. The Kier molecular flexibility index (Phi) is 3.60. The van der Waals surface area contributed by atoms with Gasteiger partial charge in [0.2, 0.25) is 0 Å². The van der Waals surface area contributed by atoms with Gasteiger partial charge in [0.05, 0.1) is 11.3 Å². The van der Waals surface area contributed by atoms with Crippen molar-refractivity contribution in [2.24, 2.45) is 0 Å². The third-order valence-corrected chi connectivity index (χ3v) is 2.45. The molecule has 0 radical (unpaired) electrons. The van der Waals surface area contributed by atoms with Gasteiger partial charge in [-0.15, -0.1) is 0 Å². The van der Waals surface area contributed by atoms with Gasteiger partial charge in [0.15, 0.2) is 0 Å². The van der Waals surface area contributed by atoms with Crippen molar-refractivity contribution >= 4 is 17.3 Å². The summed E-state index contributed by atoms with van der Waals surface area (Å²) < 4.78 is 52.3. The largest absolute Gasteiger partial charge is 0.396 e. The maximum absolute atomic E-state index is 13.4. The van der Waals surface area contributed by atoms with E-state index in [0.29, 0.717) is 12.1 Å². The molecular weight excluding hydrogens is 276 g/mol. The van der Waals surface area contributed by atoms with Crippen molar-refractivity contribution in [3.8, 4) is 0 Å². The number of hydrogen-bond donors (Lipinski definition) is 2. The van der Waals surface area contributed by atoms with E-state index in [4.69, 9.17) is 5.73 Å². The second kappa shape index (κ2) is 5.20. The number of nitrogen functional groups attached to an aromatic ring is 1. The molecule has 0 aliphatic rings. The molecule has 0 fully saturated rings. The summed E-state index contributed by atoms with van der Waals surface area (Å²) in [5.41, 5.74) is 4.08. The standard InChI is InChI=1S/C13H8F4N2O/c14-6-1-7(15)3-8(2-6)19-13(20)9-4-12(18)11(17)5-10(9)16/h1-5H,18H2,(H,19,20). The van der Waals surface area contributed by atoms with Gasteiger partial charge in [-0.1, -0.05) is 0 Å². The molecule has 1 amide bonds. The highest BCUT2D eigenvalue weighted by atomic mass is 19.1. The van der Waals surface area contributed by atoms with Crippen molar-refractivity contribution in [2.45, 2.75) is 0 Å². The SMILES string of the molecule is Nc1cc(C(=O)Nc2cc(F)cc(F)c2)c(F)cc1F. The Labute approximate surface area is 111 Å². The van der Waals surface area contributed by atoms with Gasteiger partial charge < -0.3 is 11.1 Å². The fraction of sp³-hybridized carbons (Fsp3) is 0. The third-order valence-electron chi connectivity index (χ3n) is 2.45. The molecule has 0 aromatic heterocycles. The highest BCUT2D eigenvalue weighted by Crippen LogP contribution is 2.19. The first-order valence-corrected chi connectivity index (χ1v) is 5.39. The number of nitrogens with two attached hydrogens (primary N) is 1. The summed E-state index contributed by atoms with van der Waals surface area (Å²) in [6, 6.07) is 3.58. The molecule has 0 aliphatic heterocycles. The lowest BCUT2D eigenvalue weighted by atomic mass is 10.1. The van der Waals surface area contributed by atoms with Crippen LogP contribution in [0.5, 0.6) is 0 Å². The molecule has 0 heterocycles. The summed E-state index contributed by atoms with van der Waals surface area (Å²) >= 11 is 0. The zero-order valence-electron chi connectivity index (χ0n) is 9.88. The van der Waals surface area contributed by atoms with Crippen molar-refractivity contribution in [1.82, 2.24) is 0 Å². The number of carbonyl (C=O) groups is 1. The number of anilines is 2. The van der Waals surface area contributed by atoms with Gasteiger partial charge >= 0.3 is 0 Å². The highest BCUT2D eigenvalue weighted by molar-refractivity contribution is 6.05. The van der Waals surface area contributed by atoms with E-state index in [-0.39, 0.29) is 5.69 Å². The summed E-state index contributed by atoms with van der Waals surface area (Å²) in [4.78, 5) is 11.7. The summed E-state index contributed by atoms with van der Waals surface area (Å²) in [6.45, 7) is 0. The number of nitrogens with one attached hydrogen (secondary N) is 1. The second-order valence-corrected chi connectivity index (χ2v) is 3.97. The first-order valence-electron chi connectivity index (χ1n) is 5.39. The summed E-state index contributed by atoms with van der Waals surface area (Å²) in [5.74, 6) is -4.94. The zero-order chi connectivity index (χ0) is 14.9. The summed E-state index contributed by atoms with van der Waals surface area (Å²) in [5, 5.41) is 2.09. The first kappa shape index (κ1) is 13.9. The van der Waals surface area contributed by atoms with Crippen LogP contribution < -0.4 is 11.1 Å². The predicted molar refractivity (Wildman–Crippen MR) is 65.1 cm³/mol. The number of rotatable bonds is 2. The Bertz CT molecular complexity index is 668. The Morgan fingerprint density at radius 1 is 0.900 bits per heavy atom. The average Bonchev–Trinajstić information content (AvgIpc) is 2.32. The topological polar surface area (TPSA) is 55.1 Å². The van der Waals surface area contributed by atoms with Gasteiger partial charge in [0.25, 0.3) is 5.91 Å². The van der Waals surface area contributed by atoms with Gasteiger partial charge in [0.1, 0.15) is 23.3 Å². The smallest absolute Gasteiger partial charge is 0.258 e. The molecule has 0 atom stereocenters. The second-order valence-electron chi connectivity index (χ2n) is 3.97. The maximum Gasteiger partial charge on any atom is 0.258 e. The van der Waals surface area contributed by atoms with Crippen LogP contribution in [0, 0.1) is 23.3 Å². The molecule has 7 heteroatoms. The molecule has 0 saturated carbocycles. The van der Waals surface area contributed by atoms with Crippen LogP contribution in [0.3, 0.4) is 0 Å². The minimum atomic E-state index is -1.13. The lowest BCUT2D eigenvalue weighted by Crippen LogP contribution is -2.15. The molecule has 104 valence electrons. The lowest BCUT2D eigenvalue weighted by molar-refractivity contribution is 0.102. The molecule has 2 rings (SSSR count). The van der Waals surface area contributed by atoms with Gasteiger partial charge in [0, 0.05) is 17.8 Å². The van der Waals surface area contributed by atoms with Crippen LogP contribution >= 0.6 is 0 Å². The van der Waals surface area contributed by atoms with Gasteiger partial charge in [-0.05, 0) is 18.2 Å². The van der Waals surface area contributed by atoms with E-state index in [1.807, 2.05) is 0 Å². The number of halogens is 4. The van der Waals surface area contributed by atoms with Crippen molar-refractivity contribution in [2.75, 3.05) is 11.1 Å². The summed E-state index contributed by atoms with van der Waals surface area (Å²) in [6.07, 6.45) is 0. The predicted octanol–water partition coefficient (Wildman–Crippen LogP) is 3.08. The fourth-order valence-electron chi connectivity index (χ4n) is 1.56.